The Hall–Kier alpha value is -3.28. The first-order valence-corrected chi connectivity index (χ1v) is 11.0. The minimum Gasteiger partial charge on any atom is -0.334 e. The molecule has 0 radical (unpaired) electrons. The summed E-state index contributed by atoms with van der Waals surface area (Å²) in [5, 5.41) is 1.02. The summed E-state index contributed by atoms with van der Waals surface area (Å²) >= 11 is 12.0. The number of rotatable bonds is 3. The Bertz CT molecular complexity index is 1280. The van der Waals surface area contributed by atoms with Crippen molar-refractivity contribution in [3.8, 4) is 22.6 Å². The summed E-state index contributed by atoms with van der Waals surface area (Å²) in [6.07, 6.45) is 2.15. The van der Waals surface area contributed by atoms with E-state index in [-0.39, 0.29) is 5.91 Å². The first-order chi connectivity index (χ1) is 15.6. The first kappa shape index (κ1) is 20.6. The number of carbonyl (C=O) groups is 1. The maximum atomic E-state index is 13.1. The van der Waals surface area contributed by atoms with Crippen LogP contribution in [0.5, 0.6) is 0 Å². The number of halogens is 2. The van der Waals surface area contributed by atoms with Crippen LogP contribution >= 0.6 is 23.2 Å². The van der Waals surface area contributed by atoms with E-state index in [1.165, 1.54) is 6.20 Å². The van der Waals surface area contributed by atoms with Gasteiger partial charge in [-0.3, -0.25) is 4.79 Å². The van der Waals surface area contributed by atoms with Crippen LogP contribution in [0.4, 0.5) is 0 Å². The van der Waals surface area contributed by atoms with Crippen LogP contribution in [0.15, 0.2) is 72.9 Å². The van der Waals surface area contributed by atoms with Crippen molar-refractivity contribution in [2.75, 3.05) is 6.54 Å². The summed E-state index contributed by atoms with van der Waals surface area (Å²) in [4.78, 5) is 28.7. The van der Waals surface area contributed by atoms with Crippen molar-refractivity contribution < 1.29 is 4.79 Å². The molecule has 32 heavy (non-hydrogen) atoms. The fraction of sp³-hybridized carbons (Fsp3) is 0.120. The van der Waals surface area contributed by atoms with Crippen molar-refractivity contribution in [3.63, 3.8) is 0 Å². The molecule has 5 nitrogen and oxygen atoms in total. The zero-order valence-corrected chi connectivity index (χ0v) is 18.5. The van der Waals surface area contributed by atoms with Crippen molar-refractivity contribution in [2.24, 2.45) is 0 Å². The maximum absolute atomic E-state index is 13.1. The highest BCUT2D eigenvalue weighted by molar-refractivity contribution is 6.30. The summed E-state index contributed by atoms with van der Waals surface area (Å²) < 4.78 is 0. The van der Waals surface area contributed by atoms with Gasteiger partial charge in [0.25, 0.3) is 5.91 Å². The Kier molecular flexibility index (Phi) is 5.60. The molecule has 2 aromatic carbocycles. The molecule has 0 aliphatic carbocycles. The average Bonchev–Trinajstić information content (AvgIpc) is 2.84. The van der Waals surface area contributed by atoms with Gasteiger partial charge in [-0.05, 0) is 24.3 Å². The van der Waals surface area contributed by atoms with Crippen LogP contribution in [0, 0.1) is 0 Å². The van der Waals surface area contributed by atoms with Crippen LogP contribution in [0.2, 0.25) is 10.2 Å². The minimum absolute atomic E-state index is 0.0889. The number of fused-ring (bicyclic) bond motifs is 1. The largest absolute Gasteiger partial charge is 0.334 e. The van der Waals surface area contributed by atoms with Gasteiger partial charge in [-0.2, -0.15) is 0 Å². The van der Waals surface area contributed by atoms with Crippen LogP contribution in [0.3, 0.4) is 0 Å². The summed E-state index contributed by atoms with van der Waals surface area (Å²) in [6.45, 7) is 0.990. The van der Waals surface area contributed by atoms with E-state index >= 15 is 0 Å². The molecule has 0 atom stereocenters. The molecule has 5 rings (SSSR count). The summed E-state index contributed by atoms with van der Waals surface area (Å²) in [5.74, 6) is 0.588. The van der Waals surface area contributed by atoms with Crippen molar-refractivity contribution in [3.05, 3.63) is 99.9 Å². The Morgan fingerprint density at radius 3 is 2.38 bits per heavy atom. The number of hydrogen-bond acceptors (Lipinski definition) is 4. The second-order valence-electron chi connectivity index (χ2n) is 7.54. The monoisotopic (exact) mass is 460 g/mol. The smallest absolute Gasteiger partial charge is 0.255 e. The van der Waals surface area contributed by atoms with Crippen molar-refractivity contribution in [1.82, 2.24) is 19.9 Å². The number of aromatic nitrogens is 3. The van der Waals surface area contributed by atoms with E-state index in [0.717, 1.165) is 28.1 Å². The third-order valence-electron chi connectivity index (χ3n) is 5.47. The first-order valence-electron chi connectivity index (χ1n) is 10.2. The third kappa shape index (κ3) is 4.09. The van der Waals surface area contributed by atoms with Crippen LogP contribution < -0.4 is 0 Å². The molecule has 0 unspecified atom stereocenters. The molecule has 1 aliphatic heterocycles. The lowest BCUT2D eigenvalue weighted by Crippen LogP contribution is -2.37. The average molecular weight is 461 g/mol. The lowest BCUT2D eigenvalue weighted by atomic mass is 9.98. The molecule has 0 saturated heterocycles. The van der Waals surface area contributed by atoms with Gasteiger partial charge in [0.05, 0.1) is 17.0 Å². The van der Waals surface area contributed by atoms with E-state index in [2.05, 4.69) is 4.98 Å². The van der Waals surface area contributed by atoms with E-state index in [1.807, 2.05) is 54.6 Å². The second-order valence-corrected chi connectivity index (χ2v) is 8.36. The van der Waals surface area contributed by atoms with Crippen LogP contribution in [0.1, 0.15) is 21.6 Å². The second kappa shape index (κ2) is 8.69. The molecular weight excluding hydrogens is 443 g/mol. The molecule has 2 aromatic heterocycles. The highest BCUT2D eigenvalue weighted by Gasteiger charge is 2.27. The molecule has 1 aliphatic rings. The van der Waals surface area contributed by atoms with E-state index in [0.29, 0.717) is 41.1 Å². The molecule has 0 bridgehead atoms. The van der Waals surface area contributed by atoms with Gasteiger partial charge < -0.3 is 4.90 Å². The zero-order valence-electron chi connectivity index (χ0n) is 17.0. The Morgan fingerprint density at radius 1 is 0.875 bits per heavy atom. The highest BCUT2D eigenvalue weighted by atomic mass is 35.5. The molecule has 0 N–H and O–H groups in total. The van der Waals surface area contributed by atoms with Crippen LogP contribution in [0.25, 0.3) is 22.6 Å². The number of nitrogens with zero attached hydrogens (tertiary/aromatic N) is 4. The standard InChI is InChI=1S/C25H18Cl2N4O/c26-19-9-6-16(7-10-19)23-20-15-31(25(32)18-8-11-22(27)28-14-18)13-12-21(20)29-24(30-23)17-4-2-1-3-5-17/h1-11,14H,12-13,15H2. The Balaban J connectivity index is 1.57. The number of carbonyl (C=O) groups excluding carboxylic acids is 1. The van der Waals surface area contributed by atoms with Gasteiger partial charge >= 0.3 is 0 Å². The number of hydrogen-bond donors (Lipinski definition) is 0. The van der Waals surface area contributed by atoms with Gasteiger partial charge in [0.15, 0.2) is 5.82 Å². The van der Waals surface area contributed by atoms with E-state index in [4.69, 9.17) is 33.2 Å². The summed E-state index contributed by atoms with van der Waals surface area (Å²) in [6, 6.07) is 20.8. The van der Waals surface area contributed by atoms with Crippen molar-refractivity contribution in [1.29, 1.82) is 0 Å². The zero-order chi connectivity index (χ0) is 22.1. The normalized spacial score (nSPS) is 13.0. The van der Waals surface area contributed by atoms with Crippen molar-refractivity contribution >= 4 is 29.1 Å². The predicted molar refractivity (Wildman–Crippen MR) is 126 cm³/mol. The predicted octanol–water partition coefficient (Wildman–Crippen LogP) is 5.71. The van der Waals surface area contributed by atoms with Gasteiger partial charge in [0, 0.05) is 47.4 Å². The van der Waals surface area contributed by atoms with E-state index in [9.17, 15) is 4.79 Å². The molecule has 3 heterocycles. The van der Waals surface area contributed by atoms with Crippen molar-refractivity contribution in [2.45, 2.75) is 13.0 Å². The van der Waals surface area contributed by atoms with Gasteiger partial charge in [0.1, 0.15) is 5.15 Å². The lowest BCUT2D eigenvalue weighted by Gasteiger charge is -2.30. The molecule has 158 valence electrons. The fourth-order valence-corrected chi connectivity index (χ4v) is 4.07. The molecule has 1 amide bonds. The van der Waals surface area contributed by atoms with Crippen LogP contribution in [-0.2, 0) is 13.0 Å². The van der Waals surface area contributed by atoms with E-state index in [1.54, 1.807) is 17.0 Å². The number of benzene rings is 2. The fourth-order valence-electron chi connectivity index (χ4n) is 3.84. The van der Waals surface area contributed by atoms with Crippen LogP contribution in [-0.4, -0.2) is 32.3 Å². The highest BCUT2D eigenvalue weighted by Crippen LogP contribution is 2.32. The summed E-state index contributed by atoms with van der Waals surface area (Å²) in [5.41, 5.74) is 5.13. The van der Waals surface area contributed by atoms with Gasteiger partial charge in [0.2, 0.25) is 0 Å². The molecule has 4 aromatic rings. The minimum atomic E-state index is -0.0889. The SMILES string of the molecule is O=C(c1ccc(Cl)nc1)N1CCc2nc(-c3ccccc3)nc(-c3ccc(Cl)cc3)c2C1. The summed E-state index contributed by atoms with van der Waals surface area (Å²) in [7, 11) is 0. The van der Waals surface area contributed by atoms with Gasteiger partial charge in [-0.15, -0.1) is 0 Å². The van der Waals surface area contributed by atoms with Gasteiger partial charge in [-0.25, -0.2) is 15.0 Å². The molecular formula is C25H18Cl2N4O. The molecule has 7 heteroatoms. The Morgan fingerprint density at radius 2 is 1.66 bits per heavy atom. The van der Waals surface area contributed by atoms with E-state index < -0.39 is 0 Å². The van der Waals surface area contributed by atoms with Gasteiger partial charge in [-0.1, -0.05) is 65.7 Å². The number of amides is 1. The maximum Gasteiger partial charge on any atom is 0.255 e. The quantitative estimate of drug-likeness (QED) is 0.367. The molecule has 0 spiro atoms. The lowest BCUT2D eigenvalue weighted by molar-refractivity contribution is 0.0733. The molecule has 0 fully saturated rings. The number of pyridine rings is 1. The Labute approximate surface area is 195 Å². The molecule has 0 saturated carbocycles. The third-order valence-corrected chi connectivity index (χ3v) is 5.95. The topological polar surface area (TPSA) is 59.0 Å².